The highest BCUT2D eigenvalue weighted by molar-refractivity contribution is 5.43. The monoisotopic (exact) mass is 278 g/mol. The summed E-state index contributed by atoms with van der Waals surface area (Å²) in [6.45, 7) is 1.11. The van der Waals surface area contributed by atoms with Gasteiger partial charge in [0.05, 0.1) is 12.7 Å². The van der Waals surface area contributed by atoms with Crippen LogP contribution in [0.25, 0.3) is 11.6 Å². The fourth-order valence-electron chi connectivity index (χ4n) is 2.62. The van der Waals surface area contributed by atoms with Crippen molar-refractivity contribution in [2.24, 2.45) is 5.73 Å². The standard InChI is InChI=1S/C12H18N6O2/c1-19-12(4-2-3-5-12)11-14-10(20-16-11)9-8-18(7-6-13)17-15-9/h8H,2-7,13H2,1H3. The Kier molecular flexibility index (Phi) is 3.49. The van der Waals surface area contributed by atoms with E-state index in [4.69, 9.17) is 15.0 Å². The Hall–Kier alpha value is -1.80. The van der Waals surface area contributed by atoms with Gasteiger partial charge in [-0.3, -0.25) is 4.68 Å². The van der Waals surface area contributed by atoms with Gasteiger partial charge in [-0.1, -0.05) is 10.4 Å². The number of methoxy groups -OCH3 is 1. The summed E-state index contributed by atoms with van der Waals surface area (Å²) in [5, 5.41) is 12.0. The van der Waals surface area contributed by atoms with E-state index in [0.29, 0.717) is 30.5 Å². The molecule has 1 saturated carbocycles. The Balaban J connectivity index is 1.85. The fraction of sp³-hybridized carbons (Fsp3) is 0.667. The summed E-state index contributed by atoms with van der Waals surface area (Å²) in [6.07, 6.45) is 5.82. The van der Waals surface area contributed by atoms with Crippen LogP contribution in [0.1, 0.15) is 31.5 Å². The van der Waals surface area contributed by atoms with E-state index in [1.54, 1.807) is 18.0 Å². The van der Waals surface area contributed by atoms with Crippen LogP contribution in [-0.4, -0.2) is 38.8 Å². The van der Waals surface area contributed by atoms with Gasteiger partial charge < -0.3 is 15.0 Å². The maximum Gasteiger partial charge on any atom is 0.280 e. The number of hydrogen-bond acceptors (Lipinski definition) is 7. The van der Waals surface area contributed by atoms with Crippen LogP contribution in [-0.2, 0) is 16.9 Å². The zero-order chi connectivity index (χ0) is 14.0. The molecule has 2 aromatic rings. The van der Waals surface area contributed by atoms with E-state index in [1.165, 1.54) is 0 Å². The Morgan fingerprint density at radius 1 is 1.45 bits per heavy atom. The topological polar surface area (TPSA) is 105 Å². The maximum atomic E-state index is 5.64. The van der Waals surface area contributed by atoms with Crippen molar-refractivity contribution >= 4 is 0 Å². The summed E-state index contributed by atoms with van der Waals surface area (Å²) in [4.78, 5) is 4.43. The first-order chi connectivity index (χ1) is 9.77. The lowest BCUT2D eigenvalue weighted by Crippen LogP contribution is -2.25. The van der Waals surface area contributed by atoms with Gasteiger partial charge in [-0.15, -0.1) is 5.10 Å². The van der Waals surface area contributed by atoms with Gasteiger partial charge in [0.1, 0.15) is 5.60 Å². The molecule has 2 heterocycles. The lowest BCUT2D eigenvalue weighted by molar-refractivity contribution is -0.0178. The van der Waals surface area contributed by atoms with Crippen molar-refractivity contribution in [2.75, 3.05) is 13.7 Å². The normalized spacial score (nSPS) is 17.7. The summed E-state index contributed by atoms with van der Waals surface area (Å²) in [7, 11) is 1.69. The number of nitrogens with zero attached hydrogens (tertiary/aromatic N) is 5. The highest BCUT2D eigenvalue weighted by Gasteiger charge is 2.40. The minimum atomic E-state index is -0.408. The molecule has 0 saturated heterocycles. The van der Waals surface area contributed by atoms with Crippen LogP contribution in [0.4, 0.5) is 0 Å². The number of aromatic nitrogens is 5. The second-order valence-electron chi connectivity index (χ2n) is 4.98. The molecule has 0 spiro atoms. The molecule has 0 unspecified atom stereocenters. The van der Waals surface area contributed by atoms with Gasteiger partial charge in [0, 0.05) is 13.7 Å². The predicted octanol–water partition coefficient (Wildman–Crippen LogP) is 0.702. The average molecular weight is 278 g/mol. The SMILES string of the molecule is COC1(c2noc(-c3cn(CCN)nn3)n2)CCCC1. The molecule has 20 heavy (non-hydrogen) atoms. The Morgan fingerprint density at radius 3 is 2.95 bits per heavy atom. The third-order valence-corrected chi connectivity index (χ3v) is 3.75. The highest BCUT2D eigenvalue weighted by atomic mass is 16.5. The zero-order valence-corrected chi connectivity index (χ0v) is 11.4. The first-order valence-electron chi connectivity index (χ1n) is 6.77. The van der Waals surface area contributed by atoms with E-state index in [9.17, 15) is 0 Å². The van der Waals surface area contributed by atoms with Gasteiger partial charge in [0.15, 0.2) is 5.69 Å². The van der Waals surface area contributed by atoms with Crippen molar-refractivity contribution in [1.82, 2.24) is 25.1 Å². The van der Waals surface area contributed by atoms with Crippen LogP contribution in [0.15, 0.2) is 10.7 Å². The minimum absolute atomic E-state index is 0.367. The van der Waals surface area contributed by atoms with E-state index >= 15 is 0 Å². The van der Waals surface area contributed by atoms with Crippen LogP contribution in [0.2, 0.25) is 0 Å². The molecule has 0 aromatic carbocycles. The second-order valence-corrected chi connectivity index (χ2v) is 4.98. The Bertz CT molecular complexity index is 572. The summed E-state index contributed by atoms with van der Waals surface area (Å²) in [5.41, 5.74) is 5.62. The van der Waals surface area contributed by atoms with Crippen LogP contribution in [0.5, 0.6) is 0 Å². The van der Waals surface area contributed by atoms with Crippen molar-refractivity contribution in [2.45, 2.75) is 37.8 Å². The predicted molar refractivity (Wildman–Crippen MR) is 69.5 cm³/mol. The molecule has 1 fully saturated rings. The molecule has 8 nitrogen and oxygen atoms in total. The van der Waals surface area contributed by atoms with Crippen molar-refractivity contribution in [3.63, 3.8) is 0 Å². The molecule has 8 heteroatoms. The molecule has 1 aliphatic carbocycles. The molecular weight excluding hydrogens is 260 g/mol. The lowest BCUT2D eigenvalue weighted by Gasteiger charge is -2.22. The lowest BCUT2D eigenvalue weighted by atomic mass is 10.0. The number of hydrogen-bond donors (Lipinski definition) is 1. The number of ether oxygens (including phenoxy) is 1. The van der Waals surface area contributed by atoms with Gasteiger partial charge in [0.25, 0.3) is 5.89 Å². The maximum absolute atomic E-state index is 5.64. The van der Waals surface area contributed by atoms with Crippen LogP contribution >= 0.6 is 0 Å². The minimum Gasteiger partial charge on any atom is -0.370 e. The van der Waals surface area contributed by atoms with Gasteiger partial charge in [-0.05, 0) is 25.7 Å². The second kappa shape index (κ2) is 5.29. The first kappa shape index (κ1) is 13.2. The van der Waals surface area contributed by atoms with Gasteiger partial charge in [-0.2, -0.15) is 4.98 Å². The number of rotatable bonds is 5. The van der Waals surface area contributed by atoms with Gasteiger partial charge >= 0.3 is 0 Å². The van der Waals surface area contributed by atoms with Gasteiger partial charge in [0.2, 0.25) is 5.82 Å². The van der Waals surface area contributed by atoms with E-state index in [0.717, 1.165) is 25.7 Å². The van der Waals surface area contributed by atoms with Crippen molar-refractivity contribution < 1.29 is 9.26 Å². The Morgan fingerprint density at radius 2 is 2.25 bits per heavy atom. The van der Waals surface area contributed by atoms with E-state index < -0.39 is 5.60 Å². The molecule has 2 aromatic heterocycles. The van der Waals surface area contributed by atoms with E-state index in [-0.39, 0.29) is 0 Å². The molecule has 0 bridgehead atoms. The largest absolute Gasteiger partial charge is 0.370 e. The zero-order valence-electron chi connectivity index (χ0n) is 11.4. The summed E-state index contributed by atoms with van der Waals surface area (Å²) >= 11 is 0. The third kappa shape index (κ3) is 2.20. The van der Waals surface area contributed by atoms with Crippen molar-refractivity contribution in [3.05, 3.63) is 12.0 Å². The van der Waals surface area contributed by atoms with Gasteiger partial charge in [-0.25, -0.2) is 0 Å². The summed E-state index contributed by atoms with van der Waals surface area (Å²) in [6, 6.07) is 0. The van der Waals surface area contributed by atoms with Crippen molar-refractivity contribution in [3.8, 4) is 11.6 Å². The molecule has 3 rings (SSSR count). The first-order valence-corrected chi connectivity index (χ1v) is 6.77. The smallest absolute Gasteiger partial charge is 0.280 e. The quantitative estimate of drug-likeness (QED) is 0.858. The number of nitrogens with two attached hydrogens (primary N) is 1. The molecule has 1 aliphatic rings. The fourth-order valence-corrected chi connectivity index (χ4v) is 2.62. The molecule has 2 N–H and O–H groups in total. The summed E-state index contributed by atoms with van der Waals surface area (Å²) < 4.78 is 12.6. The van der Waals surface area contributed by atoms with Crippen LogP contribution < -0.4 is 5.73 Å². The molecule has 0 amide bonds. The van der Waals surface area contributed by atoms with Crippen LogP contribution in [0, 0.1) is 0 Å². The van der Waals surface area contributed by atoms with Crippen molar-refractivity contribution in [1.29, 1.82) is 0 Å². The third-order valence-electron chi connectivity index (χ3n) is 3.75. The molecule has 0 radical (unpaired) electrons. The molecule has 0 aliphatic heterocycles. The molecular formula is C12H18N6O2. The Labute approximate surface area is 116 Å². The van der Waals surface area contributed by atoms with E-state index in [1.807, 2.05) is 0 Å². The highest BCUT2D eigenvalue weighted by Crippen LogP contribution is 2.40. The summed E-state index contributed by atoms with van der Waals surface area (Å²) in [5.74, 6) is 0.965. The molecule has 108 valence electrons. The average Bonchev–Trinajstić information content (AvgIpc) is 3.19. The molecule has 0 atom stereocenters. The van der Waals surface area contributed by atoms with Crippen LogP contribution in [0.3, 0.4) is 0 Å². The van der Waals surface area contributed by atoms with E-state index in [2.05, 4.69) is 20.5 Å².